The quantitative estimate of drug-likeness (QED) is 0.224. The Bertz CT molecular complexity index is 1290. The third-order valence-corrected chi connectivity index (χ3v) is 10.2. The summed E-state index contributed by atoms with van der Waals surface area (Å²) in [6, 6.07) is 6.41. The molecule has 0 aromatic heterocycles. The minimum atomic E-state index is -1.09. The van der Waals surface area contributed by atoms with Gasteiger partial charge in [-0.1, -0.05) is 83.2 Å². The number of nitrogens with two attached hydrogens (primary N) is 1. The van der Waals surface area contributed by atoms with Crippen LogP contribution in [0.4, 0.5) is 4.79 Å². The number of Topliss-reactive ketones (excluding diaryl/α,β-unsaturated/α-hetero) is 1. The molecule has 0 spiro atoms. The summed E-state index contributed by atoms with van der Waals surface area (Å²) in [4.78, 5) is 67.2. The highest BCUT2D eigenvalue weighted by Gasteiger charge is 2.58. The van der Waals surface area contributed by atoms with E-state index in [1.54, 1.807) is 0 Å². The van der Waals surface area contributed by atoms with Crippen LogP contribution < -0.4 is 21.7 Å². The van der Waals surface area contributed by atoms with E-state index in [2.05, 4.69) is 16.0 Å². The maximum absolute atomic E-state index is 14.2. The number of aliphatic hydroxyl groups is 1. The predicted octanol–water partition coefficient (Wildman–Crippen LogP) is 2.19. The van der Waals surface area contributed by atoms with Crippen molar-refractivity contribution < 1.29 is 29.1 Å². The lowest BCUT2D eigenvalue weighted by atomic mass is 9.76. The Balaban J connectivity index is 1.29. The molecule has 3 saturated carbocycles. The van der Waals surface area contributed by atoms with Gasteiger partial charge in [-0.3, -0.25) is 19.2 Å². The molecule has 11 nitrogen and oxygen atoms in total. The molecule has 5 rings (SSSR count). The Morgan fingerprint density at radius 1 is 1.02 bits per heavy atom. The normalized spacial score (nSPS) is 25.7. The molecular weight excluding hydrogens is 574 g/mol. The number of urea groups is 1. The smallest absolute Gasteiger partial charge is 0.315 e. The summed E-state index contributed by atoms with van der Waals surface area (Å²) in [6.07, 6.45) is 6.66. The minimum absolute atomic E-state index is 0.0349. The van der Waals surface area contributed by atoms with Crippen LogP contribution in [0.5, 0.6) is 0 Å². The standard InChI is InChI=1S/C34H49N5O6/c1-33(2,3)28(37-32(45)38-34(14-8-5-9-15-34)25(40)17-20-10-6-4-7-11-20)31(44)39-19-22-18-23(22)26(39)30(43)36-24(16-21-12-13-21)27(41)29(35)42/h4,6-7,10-11,21-26,28,40H,5,8-9,12-19H2,1-3H3,(H2,35,42)(H,36,43)(H2,37,38,45)/t22-,23-,24?,25?,26?,28?/m0/s1. The summed E-state index contributed by atoms with van der Waals surface area (Å²) >= 11 is 0. The number of carbonyl (C=O) groups excluding carboxylic acids is 5. The molecule has 4 fully saturated rings. The number of rotatable bonds is 12. The van der Waals surface area contributed by atoms with Crippen molar-refractivity contribution in [3.05, 3.63) is 35.9 Å². The summed E-state index contributed by atoms with van der Waals surface area (Å²) in [5, 5.41) is 20.2. The van der Waals surface area contributed by atoms with Crippen molar-refractivity contribution in [1.82, 2.24) is 20.9 Å². The van der Waals surface area contributed by atoms with Crippen LogP contribution in [-0.4, -0.2) is 75.9 Å². The number of amides is 5. The Morgan fingerprint density at radius 3 is 2.29 bits per heavy atom. The van der Waals surface area contributed by atoms with Gasteiger partial charge in [0.15, 0.2) is 0 Å². The van der Waals surface area contributed by atoms with E-state index in [0.717, 1.165) is 44.1 Å². The number of nitrogens with zero attached hydrogens (tertiary/aromatic N) is 1. The average Bonchev–Trinajstić information content (AvgIpc) is 3.93. The predicted molar refractivity (Wildman–Crippen MR) is 167 cm³/mol. The molecule has 4 aliphatic rings. The number of ketones is 1. The number of aliphatic hydroxyl groups excluding tert-OH is 1. The Hall–Kier alpha value is -3.47. The van der Waals surface area contributed by atoms with E-state index in [1.165, 1.54) is 4.90 Å². The molecule has 1 aromatic rings. The number of benzene rings is 1. The van der Waals surface area contributed by atoms with E-state index in [1.807, 2.05) is 51.1 Å². The van der Waals surface area contributed by atoms with Crippen molar-refractivity contribution in [3.63, 3.8) is 0 Å². The largest absolute Gasteiger partial charge is 0.390 e. The van der Waals surface area contributed by atoms with Crippen molar-refractivity contribution in [3.8, 4) is 0 Å². The molecule has 6 atom stereocenters. The highest BCUT2D eigenvalue weighted by Crippen LogP contribution is 2.50. The van der Waals surface area contributed by atoms with E-state index < -0.39 is 58.8 Å². The molecule has 11 heteroatoms. The molecule has 1 aromatic carbocycles. The zero-order chi connectivity index (χ0) is 32.5. The number of hydrogen-bond acceptors (Lipinski definition) is 6. The van der Waals surface area contributed by atoms with Crippen molar-refractivity contribution in [2.45, 2.75) is 115 Å². The highest BCUT2D eigenvalue weighted by molar-refractivity contribution is 6.37. The summed E-state index contributed by atoms with van der Waals surface area (Å²) in [5.41, 5.74) is 4.73. The average molecular weight is 624 g/mol. The molecule has 246 valence electrons. The van der Waals surface area contributed by atoms with Crippen LogP contribution in [0.15, 0.2) is 30.3 Å². The van der Waals surface area contributed by atoms with Gasteiger partial charge in [0.1, 0.15) is 12.1 Å². The van der Waals surface area contributed by atoms with Crippen LogP contribution in [0, 0.1) is 23.2 Å². The van der Waals surface area contributed by atoms with Gasteiger partial charge in [0.05, 0.1) is 17.7 Å². The Labute approximate surface area is 265 Å². The van der Waals surface area contributed by atoms with Crippen molar-refractivity contribution in [2.24, 2.45) is 28.9 Å². The van der Waals surface area contributed by atoms with Crippen LogP contribution in [0.1, 0.15) is 84.1 Å². The summed E-state index contributed by atoms with van der Waals surface area (Å²) in [5.74, 6) is -2.34. The van der Waals surface area contributed by atoms with Gasteiger partial charge in [-0.2, -0.15) is 0 Å². The molecule has 3 aliphatic carbocycles. The zero-order valence-electron chi connectivity index (χ0n) is 26.7. The van der Waals surface area contributed by atoms with Gasteiger partial charge in [0.25, 0.3) is 5.91 Å². The Kier molecular flexibility index (Phi) is 9.58. The van der Waals surface area contributed by atoms with Gasteiger partial charge >= 0.3 is 6.03 Å². The number of likely N-dealkylation sites (tertiary alicyclic amines) is 1. The molecule has 4 unspecified atom stereocenters. The van der Waals surface area contributed by atoms with Crippen LogP contribution in [0.2, 0.25) is 0 Å². The van der Waals surface area contributed by atoms with Gasteiger partial charge < -0.3 is 31.7 Å². The summed E-state index contributed by atoms with van der Waals surface area (Å²) < 4.78 is 0. The molecule has 1 heterocycles. The molecule has 45 heavy (non-hydrogen) atoms. The lowest BCUT2D eigenvalue weighted by Gasteiger charge is -2.43. The third kappa shape index (κ3) is 7.68. The van der Waals surface area contributed by atoms with E-state index in [-0.39, 0.29) is 23.7 Å². The molecule has 6 N–H and O–H groups in total. The first-order valence-corrected chi connectivity index (χ1v) is 16.5. The topological polar surface area (TPSA) is 171 Å². The second-order valence-corrected chi connectivity index (χ2v) is 14.9. The van der Waals surface area contributed by atoms with Gasteiger partial charge in [0.2, 0.25) is 17.6 Å². The number of primary amides is 1. The van der Waals surface area contributed by atoms with Crippen LogP contribution in [0.3, 0.4) is 0 Å². The summed E-state index contributed by atoms with van der Waals surface area (Å²) in [7, 11) is 0. The molecule has 0 bridgehead atoms. The van der Waals surface area contributed by atoms with E-state index in [0.29, 0.717) is 32.2 Å². The molecule has 1 saturated heterocycles. The zero-order valence-corrected chi connectivity index (χ0v) is 26.7. The van der Waals surface area contributed by atoms with Gasteiger partial charge in [-0.05, 0) is 54.4 Å². The van der Waals surface area contributed by atoms with Crippen molar-refractivity contribution in [1.29, 1.82) is 0 Å². The number of nitrogens with one attached hydrogen (secondary N) is 3. The highest BCUT2D eigenvalue weighted by atomic mass is 16.3. The third-order valence-electron chi connectivity index (χ3n) is 10.2. The Morgan fingerprint density at radius 2 is 1.69 bits per heavy atom. The first-order chi connectivity index (χ1) is 21.3. The van der Waals surface area contributed by atoms with Crippen LogP contribution in [-0.2, 0) is 25.6 Å². The first-order valence-electron chi connectivity index (χ1n) is 16.5. The lowest BCUT2D eigenvalue weighted by molar-refractivity contribution is -0.144. The molecule has 1 aliphatic heterocycles. The number of carbonyl (C=O) groups is 5. The SMILES string of the molecule is CC(C)(C)C(NC(=O)NC1(C(O)Cc2ccccc2)CCCCC1)C(=O)N1C[C@@H]2C[C@@H]2C1C(=O)NC(CC1CC1)C(=O)C(N)=O. The fourth-order valence-corrected chi connectivity index (χ4v) is 7.34. The first kappa shape index (κ1) is 32.9. The minimum Gasteiger partial charge on any atom is -0.390 e. The van der Waals surface area contributed by atoms with Crippen molar-refractivity contribution in [2.75, 3.05) is 6.54 Å². The summed E-state index contributed by atoms with van der Waals surface area (Å²) in [6.45, 7) is 5.97. The van der Waals surface area contributed by atoms with E-state index >= 15 is 0 Å². The maximum atomic E-state index is 14.2. The van der Waals surface area contributed by atoms with Gasteiger partial charge in [0, 0.05) is 13.0 Å². The fourth-order valence-electron chi connectivity index (χ4n) is 7.34. The molecule has 0 radical (unpaired) electrons. The number of hydrogen-bond donors (Lipinski definition) is 5. The van der Waals surface area contributed by atoms with Gasteiger partial charge in [-0.25, -0.2) is 4.79 Å². The molecule has 5 amide bonds. The fraction of sp³-hybridized carbons (Fsp3) is 0.676. The monoisotopic (exact) mass is 623 g/mol. The van der Waals surface area contributed by atoms with Crippen LogP contribution >= 0.6 is 0 Å². The number of fused-ring (bicyclic) bond motifs is 1. The van der Waals surface area contributed by atoms with Crippen LogP contribution in [0.25, 0.3) is 0 Å². The van der Waals surface area contributed by atoms with E-state index in [9.17, 15) is 29.1 Å². The van der Waals surface area contributed by atoms with E-state index in [4.69, 9.17) is 5.73 Å². The number of piperidine rings is 1. The maximum Gasteiger partial charge on any atom is 0.315 e. The second kappa shape index (κ2) is 13.1. The molecular formula is C34H49N5O6. The van der Waals surface area contributed by atoms with Gasteiger partial charge in [-0.15, -0.1) is 0 Å². The lowest BCUT2D eigenvalue weighted by Crippen LogP contribution is -2.65. The second-order valence-electron chi connectivity index (χ2n) is 14.9. The van der Waals surface area contributed by atoms with Crippen molar-refractivity contribution >= 4 is 29.5 Å².